The second-order valence-electron chi connectivity index (χ2n) is 4.63. The van der Waals surface area contributed by atoms with E-state index in [1.165, 1.54) is 0 Å². The van der Waals surface area contributed by atoms with Crippen molar-refractivity contribution in [2.24, 2.45) is 0 Å². The smallest absolute Gasteiger partial charge is 0.186 e. The Balaban J connectivity index is 2.35. The minimum atomic E-state index is -1.36. The van der Waals surface area contributed by atoms with Crippen LogP contribution in [0.2, 0.25) is 0 Å². The Morgan fingerprint density at radius 1 is 1.00 bits per heavy atom. The summed E-state index contributed by atoms with van der Waals surface area (Å²) < 4.78 is 10.5. The van der Waals surface area contributed by atoms with E-state index in [9.17, 15) is 15.3 Å². The summed E-state index contributed by atoms with van der Waals surface area (Å²) in [7, 11) is 0. The second kappa shape index (κ2) is 8.04. The SMILES string of the molecule is CCCCCCO[C@@H]1O[C@H](CO)[C@@H](O)[C@H](O)[C@@H]1O. The van der Waals surface area contributed by atoms with Gasteiger partial charge in [0.1, 0.15) is 24.4 Å². The lowest BCUT2D eigenvalue weighted by Crippen LogP contribution is -2.59. The van der Waals surface area contributed by atoms with Gasteiger partial charge in [0.15, 0.2) is 6.29 Å². The molecule has 1 aliphatic heterocycles. The molecule has 0 aliphatic carbocycles. The van der Waals surface area contributed by atoms with Gasteiger partial charge in [0, 0.05) is 6.61 Å². The van der Waals surface area contributed by atoms with Gasteiger partial charge in [-0.2, -0.15) is 0 Å². The quantitative estimate of drug-likeness (QED) is 0.458. The van der Waals surface area contributed by atoms with Crippen LogP contribution in [0, 0.1) is 0 Å². The molecule has 0 saturated carbocycles. The number of aliphatic hydroxyl groups excluding tert-OH is 4. The van der Waals surface area contributed by atoms with Crippen molar-refractivity contribution in [1.29, 1.82) is 0 Å². The van der Waals surface area contributed by atoms with E-state index in [4.69, 9.17) is 14.6 Å². The van der Waals surface area contributed by atoms with Crippen molar-refractivity contribution in [2.75, 3.05) is 13.2 Å². The molecule has 1 saturated heterocycles. The third-order valence-corrected chi connectivity index (χ3v) is 3.13. The first kappa shape index (κ1) is 15.8. The Morgan fingerprint density at radius 3 is 2.33 bits per heavy atom. The van der Waals surface area contributed by atoms with Crippen molar-refractivity contribution in [1.82, 2.24) is 0 Å². The fourth-order valence-electron chi connectivity index (χ4n) is 1.93. The monoisotopic (exact) mass is 264 g/mol. The highest BCUT2D eigenvalue weighted by Crippen LogP contribution is 2.22. The van der Waals surface area contributed by atoms with Crippen molar-refractivity contribution < 1.29 is 29.9 Å². The van der Waals surface area contributed by atoms with E-state index in [0.29, 0.717) is 6.61 Å². The van der Waals surface area contributed by atoms with Crippen LogP contribution in [0.15, 0.2) is 0 Å². The molecule has 0 amide bonds. The fourth-order valence-corrected chi connectivity index (χ4v) is 1.93. The molecule has 1 heterocycles. The lowest BCUT2D eigenvalue weighted by molar-refractivity contribution is -0.301. The molecular formula is C12H24O6. The van der Waals surface area contributed by atoms with Gasteiger partial charge in [-0.25, -0.2) is 0 Å². The van der Waals surface area contributed by atoms with Crippen molar-refractivity contribution >= 4 is 0 Å². The number of ether oxygens (including phenoxy) is 2. The number of aliphatic hydroxyl groups is 4. The number of hydrogen-bond donors (Lipinski definition) is 4. The van der Waals surface area contributed by atoms with Crippen LogP contribution in [0.1, 0.15) is 32.6 Å². The van der Waals surface area contributed by atoms with E-state index < -0.39 is 37.3 Å². The Kier molecular flexibility index (Phi) is 7.06. The van der Waals surface area contributed by atoms with Gasteiger partial charge in [0.05, 0.1) is 6.61 Å². The minimum Gasteiger partial charge on any atom is -0.394 e. The molecule has 0 aromatic rings. The molecule has 0 radical (unpaired) electrons. The largest absolute Gasteiger partial charge is 0.394 e. The van der Waals surface area contributed by atoms with Crippen molar-refractivity contribution in [2.45, 2.75) is 63.3 Å². The van der Waals surface area contributed by atoms with Crippen molar-refractivity contribution in [3.05, 3.63) is 0 Å². The van der Waals surface area contributed by atoms with Gasteiger partial charge in [0.2, 0.25) is 0 Å². The zero-order chi connectivity index (χ0) is 13.5. The molecule has 0 aromatic carbocycles. The first-order chi connectivity index (χ1) is 8.61. The van der Waals surface area contributed by atoms with Crippen LogP contribution in [0.4, 0.5) is 0 Å². The molecule has 5 atom stereocenters. The zero-order valence-electron chi connectivity index (χ0n) is 10.7. The van der Waals surface area contributed by atoms with E-state index >= 15 is 0 Å². The molecule has 0 unspecified atom stereocenters. The normalized spacial score (nSPS) is 36.8. The highest BCUT2D eigenvalue weighted by Gasteiger charge is 2.43. The Morgan fingerprint density at radius 2 is 1.72 bits per heavy atom. The van der Waals surface area contributed by atoms with Crippen LogP contribution in [-0.4, -0.2) is 64.3 Å². The maximum absolute atomic E-state index is 9.68. The topological polar surface area (TPSA) is 99.4 Å². The number of unbranched alkanes of at least 4 members (excludes halogenated alkanes) is 3. The molecule has 1 fully saturated rings. The molecule has 108 valence electrons. The molecule has 6 nitrogen and oxygen atoms in total. The van der Waals surface area contributed by atoms with Gasteiger partial charge >= 0.3 is 0 Å². The lowest BCUT2D eigenvalue weighted by atomic mass is 9.99. The highest BCUT2D eigenvalue weighted by molar-refractivity contribution is 4.88. The maximum atomic E-state index is 9.68. The first-order valence-corrected chi connectivity index (χ1v) is 6.54. The fraction of sp³-hybridized carbons (Fsp3) is 1.00. The van der Waals surface area contributed by atoms with Crippen molar-refractivity contribution in [3.8, 4) is 0 Å². The molecule has 4 N–H and O–H groups in total. The van der Waals surface area contributed by atoms with E-state index in [-0.39, 0.29) is 0 Å². The first-order valence-electron chi connectivity index (χ1n) is 6.54. The van der Waals surface area contributed by atoms with Crippen LogP contribution < -0.4 is 0 Å². The van der Waals surface area contributed by atoms with Gasteiger partial charge in [-0.1, -0.05) is 26.2 Å². The second-order valence-corrected chi connectivity index (χ2v) is 4.63. The Hall–Kier alpha value is -0.240. The lowest BCUT2D eigenvalue weighted by Gasteiger charge is -2.39. The van der Waals surface area contributed by atoms with E-state index in [0.717, 1.165) is 25.7 Å². The third kappa shape index (κ3) is 4.15. The summed E-state index contributed by atoms with van der Waals surface area (Å²) in [5.41, 5.74) is 0. The summed E-state index contributed by atoms with van der Waals surface area (Å²) in [5.74, 6) is 0. The Bertz CT molecular complexity index is 223. The molecule has 1 rings (SSSR count). The van der Waals surface area contributed by atoms with Crippen LogP contribution in [0.25, 0.3) is 0 Å². The molecule has 6 heteroatoms. The van der Waals surface area contributed by atoms with Crippen LogP contribution in [-0.2, 0) is 9.47 Å². The average Bonchev–Trinajstić information content (AvgIpc) is 2.38. The summed E-state index contributed by atoms with van der Waals surface area (Å²) in [6.07, 6.45) is -1.75. The predicted molar refractivity (Wildman–Crippen MR) is 63.9 cm³/mol. The summed E-state index contributed by atoms with van der Waals surface area (Å²) in [6, 6.07) is 0. The summed E-state index contributed by atoms with van der Waals surface area (Å²) in [6.45, 7) is 2.10. The Labute approximate surface area is 107 Å². The molecule has 1 aliphatic rings. The van der Waals surface area contributed by atoms with Gasteiger partial charge in [0.25, 0.3) is 0 Å². The van der Waals surface area contributed by atoms with Crippen LogP contribution in [0.5, 0.6) is 0 Å². The summed E-state index contributed by atoms with van der Waals surface area (Å²) in [5, 5.41) is 37.8. The molecular weight excluding hydrogens is 240 g/mol. The number of rotatable bonds is 7. The summed E-state index contributed by atoms with van der Waals surface area (Å²) in [4.78, 5) is 0. The molecule has 0 spiro atoms. The van der Waals surface area contributed by atoms with Gasteiger partial charge < -0.3 is 29.9 Å². The van der Waals surface area contributed by atoms with Crippen molar-refractivity contribution in [3.63, 3.8) is 0 Å². The van der Waals surface area contributed by atoms with Crippen LogP contribution in [0.3, 0.4) is 0 Å². The van der Waals surface area contributed by atoms with E-state index in [2.05, 4.69) is 6.92 Å². The van der Waals surface area contributed by atoms with E-state index in [1.54, 1.807) is 0 Å². The zero-order valence-corrected chi connectivity index (χ0v) is 10.7. The highest BCUT2D eigenvalue weighted by atomic mass is 16.7. The average molecular weight is 264 g/mol. The predicted octanol–water partition coefficient (Wildman–Crippen LogP) is -0.617. The van der Waals surface area contributed by atoms with Crippen LogP contribution >= 0.6 is 0 Å². The van der Waals surface area contributed by atoms with Gasteiger partial charge in [-0.3, -0.25) is 0 Å². The van der Waals surface area contributed by atoms with E-state index in [1.807, 2.05) is 0 Å². The molecule has 0 bridgehead atoms. The third-order valence-electron chi connectivity index (χ3n) is 3.13. The summed E-state index contributed by atoms with van der Waals surface area (Å²) >= 11 is 0. The number of hydrogen-bond acceptors (Lipinski definition) is 6. The molecule has 18 heavy (non-hydrogen) atoms. The molecule has 0 aromatic heterocycles. The maximum Gasteiger partial charge on any atom is 0.186 e. The van der Waals surface area contributed by atoms with Gasteiger partial charge in [-0.05, 0) is 6.42 Å². The van der Waals surface area contributed by atoms with Gasteiger partial charge in [-0.15, -0.1) is 0 Å². The minimum absolute atomic E-state index is 0.419. The standard InChI is InChI=1S/C12H24O6/c1-2-3-4-5-6-17-12-11(16)10(15)9(14)8(7-13)18-12/h8-16H,2-7H2,1H3/t8-,9-,10+,11+,12-/m1/s1.